The molecule has 2 aromatic rings. The van der Waals surface area contributed by atoms with Crippen molar-refractivity contribution in [3.8, 4) is 0 Å². The van der Waals surface area contributed by atoms with Gasteiger partial charge in [0.25, 0.3) is 5.91 Å². The Bertz CT molecular complexity index is 1080. The fourth-order valence-corrected chi connectivity index (χ4v) is 4.73. The highest BCUT2D eigenvalue weighted by atomic mass is 32.2. The summed E-state index contributed by atoms with van der Waals surface area (Å²) in [6.07, 6.45) is -1.41. The Balaban J connectivity index is 2.40. The number of nitrogens with one attached hydrogen (secondary N) is 2. The van der Waals surface area contributed by atoms with Gasteiger partial charge in [-0.25, -0.2) is 18.0 Å². The second kappa shape index (κ2) is 10.9. The molecule has 2 aromatic carbocycles. The van der Waals surface area contributed by atoms with E-state index in [-0.39, 0.29) is 23.5 Å². The van der Waals surface area contributed by atoms with E-state index in [0.717, 1.165) is 0 Å². The lowest BCUT2D eigenvalue weighted by atomic mass is 10.1. The quantitative estimate of drug-likeness (QED) is 0.582. The van der Waals surface area contributed by atoms with Crippen molar-refractivity contribution in [1.82, 2.24) is 14.9 Å². The maximum Gasteiger partial charge on any atom is 0.339 e. The molecular formula is C22H27N3O6S. The van der Waals surface area contributed by atoms with E-state index >= 15 is 0 Å². The highest BCUT2D eigenvalue weighted by molar-refractivity contribution is 7.89. The third-order valence-corrected chi connectivity index (χ3v) is 6.97. The molecule has 0 fully saturated rings. The smallest absolute Gasteiger partial charge is 0.339 e. The van der Waals surface area contributed by atoms with Crippen LogP contribution in [0, 0.1) is 6.92 Å². The monoisotopic (exact) mass is 461 g/mol. The minimum absolute atomic E-state index is 0.0123. The van der Waals surface area contributed by atoms with Gasteiger partial charge in [-0.3, -0.25) is 10.1 Å². The van der Waals surface area contributed by atoms with Gasteiger partial charge in [-0.2, -0.15) is 4.31 Å². The fourth-order valence-electron chi connectivity index (χ4n) is 3.02. The van der Waals surface area contributed by atoms with E-state index in [0.29, 0.717) is 11.1 Å². The van der Waals surface area contributed by atoms with Crippen LogP contribution in [0.2, 0.25) is 0 Å². The van der Waals surface area contributed by atoms with Gasteiger partial charge >= 0.3 is 12.0 Å². The number of carbonyl (C=O) groups excluding carboxylic acids is 3. The van der Waals surface area contributed by atoms with E-state index in [9.17, 15) is 22.8 Å². The minimum Gasteiger partial charge on any atom is -0.444 e. The molecule has 0 aliphatic rings. The zero-order chi connectivity index (χ0) is 23.9. The van der Waals surface area contributed by atoms with Crippen LogP contribution in [-0.4, -0.2) is 50.8 Å². The Morgan fingerprint density at radius 2 is 1.66 bits per heavy atom. The van der Waals surface area contributed by atoms with Crippen LogP contribution >= 0.6 is 0 Å². The zero-order valence-electron chi connectivity index (χ0n) is 18.4. The standard InChI is InChI=1S/C22H27N3O6S/c1-5-25(6-2)32(29,30)18-14-17(13-12-15(18)3)21(27)31-19(16-10-8-7-9-11-16)20(26)24-22(28)23-4/h7-14,19H,5-6H2,1-4H3,(H2,23,24,26,28)/t19-/m1/s1. The lowest BCUT2D eigenvalue weighted by Gasteiger charge is -2.21. The predicted octanol–water partition coefficient (Wildman–Crippen LogP) is 2.38. The lowest BCUT2D eigenvalue weighted by Crippen LogP contribution is -2.41. The van der Waals surface area contributed by atoms with Crippen molar-refractivity contribution < 1.29 is 27.5 Å². The van der Waals surface area contributed by atoms with Gasteiger partial charge < -0.3 is 10.1 Å². The molecule has 1 atom stereocenters. The Hall–Kier alpha value is -3.24. The number of nitrogens with zero attached hydrogens (tertiary/aromatic N) is 1. The van der Waals surface area contributed by atoms with Crippen LogP contribution in [0.4, 0.5) is 4.79 Å². The topological polar surface area (TPSA) is 122 Å². The molecule has 0 bridgehead atoms. The fraction of sp³-hybridized carbons (Fsp3) is 0.318. The molecule has 0 aromatic heterocycles. The molecule has 0 saturated heterocycles. The summed E-state index contributed by atoms with van der Waals surface area (Å²) in [5.41, 5.74) is 0.797. The van der Waals surface area contributed by atoms with E-state index < -0.39 is 34.0 Å². The number of esters is 1. The number of hydrogen-bond acceptors (Lipinski definition) is 6. The molecule has 0 saturated carbocycles. The minimum atomic E-state index is -3.81. The lowest BCUT2D eigenvalue weighted by molar-refractivity contribution is -0.129. The highest BCUT2D eigenvalue weighted by Gasteiger charge is 2.29. The van der Waals surface area contributed by atoms with E-state index in [1.807, 2.05) is 0 Å². The maximum atomic E-state index is 13.0. The molecule has 0 unspecified atom stereocenters. The van der Waals surface area contributed by atoms with Crippen LogP contribution in [0.1, 0.15) is 41.4 Å². The molecule has 32 heavy (non-hydrogen) atoms. The summed E-state index contributed by atoms with van der Waals surface area (Å²) in [5, 5.41) is 4.35. The van der Waals surface area contributed by atoms with E-state index in [2.05, 4.69) is 10.6 Å². The third-order valence-electron chi connectivity index (χ3n) is 4.78. The van der Waals surface area contributed by atoms with Crippen molar-refractivity contribution in [2.24, 2.45) is 0 Å². The number of benzene rings is 2. The molecule has 2 N–H and O–H groups in total. The number of ether oxygens (including phenoxy) is 1. The largest absolute Gasteiger partial charge is 0.444 e. The Kier molecular flexibility index (Phi) is 8.50. The van der Waals surface area contributed by atoms with Crippen molar-refractivity contribution in [2.45, 2.75) is 31.8 Å². The predicted molar refractivity (Wildman–Crippen MR) is 118 cm³/mol. The van der Waals surface area contributed by atoms with E-state index in [1.165, 1.54) is 29.6 Å². The number of aryl methyl sites for hydroxylation is 1. The van der Waals surface area contributed by atoms with Gasteiger partial charge in [0.15, 0.2) is 0 Å². The first kappa shape index (κ1) is 25.0. The molecule has 0 radical (unpaired) electrons. The molecule has 0 heterocycles. The van der Waals surface area contributed by atoms with Gasteiger partial charge in [0.2, 0.25) is 16.1 Å². The molecular weight excluding hydrogens is 434 g/mol. The van der Waals surface area contributed by atoms with Gasteiger partial charge in [0.05, 0.1) is 10.5 Å². The summed E-state index contributed by atoms with van der Waals surface area (Å²) >= 11 is 0. The van der Waals surface area contributed by atoms with Crippen molar-refractivity contribution in [1.29, 1.82) is 0 Å². The Morgan fingerprint density at radius 3 is 2.22 bits per heavy atom. The van der Waals surface area contributed by atoms with E-state index in [1.54, 1.807) is 51.1 Å². The second-order valence-electron chi connectivity index (χ2n) is 6.83. The van der Waals surface area contributed by atoms with Crippen LogP contribution in [0.3, 0.4) is 0 Å². The number of urea groups is 1. The Labute approximate surface area is 187 Å². The molecule has 2 rings (SSSR count). The van der Waals surface area contributed by atoms with Gasteiger partial charge in [0, 0.05) is 25.7 Å². The number of rotatable bonds is 8. The van der Waals surface area contributed by atoms with Crippen LogP contribution in [0.15, 0.2) is 53.4 Å². The van der Waals surface area contributed by atoms with Crippen molar-refractivity contribution in [3.05, 3.63) is 65.2 Å². The van der Waals surface area contributed by atoms with Crippen LogP contribution in [0.5, 0.6) is 0 Å². The number of carbonyl (C=O) groups is 3. The molecule has 0 aliphatic carbocycles. The molecule has 10 heteroatoms. The van der Waals surface area contributed by atoms with Gasteiger partial charge in [0.1, 0.15) is 0 Å². The molecule has 9 nitrogen and oxygen atoms in total. The summed E-state index contributed by atoms with van der Waals surface area (Å²) in [6.45, 7) is 5.65. The average Bonchev–Trinajstić information content (AvgIpc) is 2.78. The first-order chi connectivity index (χ1) is 15.1. The summed E-state index contributed by atoms with van der Waals surface area (Å²) in [7, 11) is -2.47. The molecule has 172 valence electrons. The number of amides is 3. The van der Waals surface area contributed by atoms with Crippen molar-refractivity contribution >= 4 is 27.9 Å². The molecule has 0 aliphatic heterocycles. The van der Waals surface area contributed by atoms with Crippen molar-refractivity contribution in [3.63, 3.8) is 0 Å². The SMILES string of the molecule is CCN(CC)S(=O)(=O)c1cc(C(=O)O[C@@H](C(=O)NC(=O)NC)c2ccccc2)ccc1C. The number of hydrogen-bond donors (Lipinski definition) is 2. The molecule has 0 spiro atoms. The summed E-state index contributed by atoms with van der Waals surface area (Å²) in [6, 6.07) is 11.6. The van der Waals surface area contributed by atoms with Crippen LogP contribution < -0.4 is 10.6 Å². The highest BCUT2D eigenvalue weighted by Crippen LogP contribution is 2.24. The van der Waals surface area contributed by atoms with Crippen LogP contribution in [0.25, 0.3) is 0 Å². The second-order valence-corrected chi connectivity index (χ2v) is 8.74. The summed E-state index contributed by atoms with van der Waals surface area (Å²) in [5.74, 6) is -1.74. The zero-order valence-corrected chi connectivity index (χ0v) is 19.2. The Morgan fingerprint density at radius 1 is 1.03 bits per heavy atom. The average molecular weight is 462 g/mol. The third kappa shape index (κ3) is 5.71. The first-order valence-corrected chi connectivity index (χ1v) is 11.5. The normalized spacial score (nSPS) is 12.2. The van der Waals surface area contributed by atoms with E-state index in [4.69, 9.17) is 4.74 Å². The van der Waals surface area contributed by atoms with Gasteiger partial charge in [-0.05, 0) is 24.6 Å². The summed E-state index contributed by atoms with van der Waals surface area (Å²) in [4.78, 5) is 37.0. The number of sulfonamides is 1. The molecule has 3 amide bonds. The van der Waals surface area contributed by atoms with Gasteiger partial charge in [-0.1, -0.05) is 50.2 Å². The van der Waals surface area contributed by atoms with Gasteiger partial charge in [-0.15, -0.1) is 0 Å². The number of imide groups is 1. The first-order valence-electron chi connectivity index (χ1n) is 10.0. The van der Waals surface area contributed by atoms with Crippen molar-refractivity contribution in [2.75, 3.05) is 20.1 Å². The summed E-state index contributed by atoms with van der Waals surface area (Å²) < 4.78 is 32.6. The van der Waals surface area contributed by atoms with Crippen LogP contribution in [-0.2, 0) is 19.6 Å². The maximum absolute atomic E-state index is 13.0.